The molecule has 1 aromatic rings. The molecule has 2 aliphatic heterocycles. The van der Waals surface area contributed by atoms with E-state index in [2.05, 4.69) is 10.3 Å². The van der Waals surface area contributed by atoms with Gasteiger partial charge >= 0.3 is 0 Å². The van der Waals surface area contributed by atoms with Gasteiger partial charge in [0.2, 0.25) is 0 Å². The third kappa shape index (κ3) is 3.46. The largest absolute Gasteiger partial charge is 0.377 e. The number of fused-ring (bicyclic) bond motifs is 1. The van der Waals surface area contributed by atoms with E-state index >= 15 is 0 Å². The Kier molecular flexibility index (Phi) is 4.26. The summed E-state index contributed by atoms with van der Waals surface area (Å²) in [6, 6.07) is 1.87. The second-order valence-electron chi connectivity index (χ2n) is 5.79. The molecule has 9 heteroatoms. The number of aryl methyl sites for hydroxylation is 1. The monoisotopic (exact) mass is 341 g/mol. The van der Waals surface area contributed by atoms with E-state index in [1.165, 1.54) is 0 Å². The van der Waals surface area contributed by atoms with Crippen LogP contribution in [0, 0.1) is 0 Å². The molecule has 3 rings (SSSR count). The van der Waals surface area contributed by atoms with Gasteiger partial charge in [0.05, 0.1) is 25.0 Å². The number of ether oxygens (including phenoxy) is 1. The number of hydrogen-bond acceptors (Lipinski definition) is 6. The Bertz CT molecular complexity index is 734. The molecule has 0 radical (unpaired) electrons. The minimum absolute atomic E-state index is 0.0721. The molecular formula is C14H19N3O5S. The molecule has 0 saturated carbocycles. The first-order valence-corrected chi connectivity index (χ1v) is 9.06. The fourth-order valence-corrected chi connectivity index (χ4v) is 3.37. The summed E-state index contributed by atoms with van der Waals surface area (Å²) in [5.41, 5.74) is 1.77. The molecule has 0 bridgehead atoms. The van der Waals surface area contributed by atoms with Crippen molar-refractivity contribution in [3.05, 3.63) is 22.9 Å². The van der Waals surface area contributed by atoms with Crippen LogP contribution in [0.4, 0.5) is 5.82 Å². The lowest BCUT2D eigenvalue weighted by Gasteiger charge is -2.34. The zero-order valence-corrected chi connectivity index (χ0v) is 13.6. The van der Waals surface area contributed by atoms with Crippen molar-refractivity contribution in [3.63, 3.8) is 0 Å². The lowest BCUT2D eigenvalue weighted by molar-refractivity contribution is 0.0964. The average Bonchev–Trinajstić information content (AvgIpc) is 2.86. The van der Waals surface area contributed by atoms with Gasteiger partial charge in [0.15, 0.2) is 0 Å². The van der Waals surface area contributed by atoms with E-state index in [0.717, 1.165) is 0 Å². The molecule has 0 aliphatic carbocycles. The summed E-state index contributed by atoms with van der Waals surface area (Å²) in [6.07, 6.45) is 0.0721. The summed E-state index contributed by atoms with van der Waals surface area (Å²) in [6.45, 7) is 4.15. The molecule has 0 spiro atoms. The van der Waals surface area contributed by atoms with Crippen molar-refractivity contribution in [2.24, 2.45) is 0 Å². The lowest BCUT2D eigenvalue weighted by atomic mass is 10.1. The number of carbonyl (C=O) groups is 1. The Morgan fingerprint density at radius 3 is 3.00 bits per heavy atom. The maximum atomic E-state index is 12.0. The molecule has 1 atom stereocenters. The van der Waals surface area contributed by atoms with Crippen molar-refractivity contribution in [2.75, 3.05) is 30.4 Å². The third-order valence-corrected chi connectivity index (χ3v) is 4.85. The van der Waals surface area contributed by atoms with E-state index in [9.17, 15) is 13.2 Å². The number of rotatable bonds is 4. The first kappa shape index (κ1) is 16.2. The lowest BCUT2D eigenvalue weighted by Crippen LogP contribution is -2.44. The predicted molar refractivity (Wildman–Crippen MR) is 83.2 cm³/mol. The molecule has 2 N–H and O–H groups in total. The Morgan fingerprint density at radius 2 is 2.30 bits per heavy atom. The average molecular weight is 341 g/mol. The van der Waals surface area contributed by atoms with Gasteiger partial charge in [0.25, 0.3) is 16.0 Å². The zero-order valence-electron chi connectivity index (χ0n) is 12.8. The Labute approximate surface area is 134 Å². The van der Waals surface area contributed by atoms with E-state index in [1.54, 1.807) is 6.07 Å². The SMILES string of the molecule is C[C@@H]1COCCN1c1cc2c(c(CCS(=O)(=O)O)n1)CNC2=O. The molecular weight excluding hydrogens is 322 g/mol. The van der Waals surface area contributed by atoms with Crippen molar-refractivity contribution in [3.8, 4) is 0 Å². The highest BCUT2D eigenvalue weighted by molar-refractivity contribution is 7.85. The standard InChI is InChI=1S/C14H19N3O5S/c1-9-8-22-4-3-17(9)13-6-10-11(7-15-14(10)18)12(16-13)2-5-23(19,20)21/h6,9H,2-5,7-8H2,1H3,(H,15,18)(H,19,20,21)/t9-/m1/s1. The molecule has 23 heavy (non-hydrogen) atoms. The predicted octanol–water partition coefficient (Wildman–Crippen LogP) is -0.0196. The Balaban J connectivity index is 1.98. The summed E-state index contributed by atoms with van der Waals surface area (Å²) in [5, 5.41) is 2.73. The van der Waals surface area contributed by atoms with Crippen LogP contribution in [0.25, 0.3) is 0 Å². The van der Waals surface area contributed by atoms with Crippen molar-refractivity contribution in [1.29, 1.82) is 0 Å². The number of hydrogen-bond donors (Lipinski definition) is 2. The van der Waals surface area contributed by atoms with Gasteiger partial charge in [-0.25, -0.2) is 4.98 Å². The van der Waals surface area contributed by atoms with E-state index in [1.807, 2.05) is 11.8 Å². The van der Waals surface area contributed by atoms with Crippen LogP contribution in [0.15, 0.2) is 6.07 Å². The Morgan fingerprint density at radius 1 is 1.52 bits per heavy atom. The number of amides is 1. The molecule has 2 aliphatic rings. The summed E-state index contributed by atoms with van der Waals surface area (Å²) >= 11 is 0. The van der Waals surface area contributed by atoms with Gasteiger partial charge in [0, 0.05) is 36.3 Å². The van der Waals surface area contributed by atoms with Gasteiger partial charge in [-0.3, -0.25) is 9.35 Å². The van der Waals surface area contributed by atoms with E-state index < -0.39 is 15.9 Å². The van der Waals surface area contributed by atoms with Gasteiger partial charge in [-0.05, 0) is 13.0 Å². The van der Waals surface area contributed by atoms with E-state index in [0.29, 0.717) is 48.9 Å². The van der Waals surface area contributed by atoms with Gasteiger partial charge in [-0.1, -0.05) is 0 Å². The number of pyridine rings is 1. The molecule has 1 aromatic heterocycles. The minimum atomic E-state index is -4.08. The molecule has 3 heterocycles. The Hall–Kier alpha value is -1.71. The quantitative estimate of drug-likeness (QED) is 0.741. The van der Waals surface area contributed by atoms with Crippen molar-refractivity contribution in [2.45, 2.75) is 25.9 Å². The zero-order chi connectivity index (χ0) is 16.6. The normalized spacial score (nSPS) is 21.2. The smallest absolute Gasteiger partial charge is 0.265 e. The van der Waals surface area contributed by atoms with Crippen LogP contribution in [0.1, 0.15) is 28.5 Å². The molecule has 126 valence electrons. The summed E-state index contributed by atoms with van der Waals surface area (Å²) in [7, 11) is -4.08. The van der Waals surface area contributed by atoms with Gasteiger partial charge < -0.3 is 15.0 Å². The van der Waals surface area contributed by atoms with Crippen LogP contribution >= 0.6 is 0 Å². The van der Waals surface area contributed by atoms with Crippen molar-refractivity contribution < 1.29 is 22.5 Å². The number of nitrogens with zero attached hydrogens (tertiary/aromatic N) is 2. The van der Waals surface area contributed by atoms with Crippen LogP contribution in [-0.4, -0.2) is 55.4 Å². The molecule has 1 fully saturated rings. The highest BCUT2D eigenvalue weighted by Crippen LogP contribution is 2.26. The molecule has 1 amide bonds. The maximum absolute atomic E-state index is 12.0. The summed E-state index contributed by atoms with van der Waals surface area (Å²) in [5.74, 6) is 0.0440. The van der Waals surface area contributed by atoms with Crippen molar-refractivity contribution in [1.82, 2.24) is 10.3 Å². The number of nitrogens with one attached hydrogen (secondary N) is 1. The van der Waals surface area contributed by atoms with Crippen LogP contribution in [0.2, 0.25) is 0 Å². The van der Waals surface area contributed by atoms with Gasteiger partial charge in [-0.15, -0.1) is 0 Å². The minimum Gasteiger partial charge on any atom is -0.377 e. The second-order valence-corrected chi connectivity index (χ2v) is 7.36. The number of morpholine rings is 1. The second kappa shape index (κ2) is 6.06. The highest BCUT2D eigenvalue weighted by Gasteiger charge is 2.28. The van der Waals surface area contributed by atoms with Crippen LogP contribution < -0.4 is 10.2 Å². The fraction of sp³-hybridized carbons (Fsp3) is 0.571. The molecule has 8 nitrogen and oxygen atoms in total. The van der Waals surface area contributed by atoms with E-state index in [-0.39, 0.29) is 18.4 Å². The maximum Gasteiger partial charge on any atom is 0.265 e. The van der Waals surface area contributed by atoms with Crippen LogP contribution in [0.3, 0.4) is 0 Å². The first-order chi connectivity index (χ1) is 10.8. The van der Waals surface area contributed by atoms with Crippen molar-refractivity contribution >= 4 is 21.8 Å². The summed E-state index contributed by atoms with van der Waals surface area (Å²) in [4.78, 5) is 18.6. The van der Waals surface area contributed by atoms with Gasteiger partial charge in [0.1, 0.15) is 5.82 Å². The molecule has 0 aromatic carbocycles. The summed E-state index contributed by atoms with van der Waals surface area (Å²) < 4.78 is 36.4. The van der Waals surface area contributed by atoms with Gasteiger partial charge in [-0.2, -0.15) is 8.42 Å². The van der Waals surface area contributed by atoms with E-state index in [4.69, 9.17) is 9.29 Å². The first-order valence-electron chi connectivity index (χ1n) is 7.45. The highest BCUT2D eigenvalue weighted by atomic mass is 32.2. The number of aromatic nitrogens is 1. The van der Waals surface area contributed by atoms with Crippen LogP contribution in [0.5, 0.6) is 0 Å². The van der Waals surface area contributed by atoms with Crippen LogP contribution in [-0.2, 0) is 27.8 Å². The number of carbonyl (C=O) groups excluding carboxylic acids is 1. The molecule has 0 unspecified atom stereocenters. The fourth-order valence-electron chi connectivity index (χ4n) is 2.92. The third-order valence-electron chi connectivity index (χ3n) is 4.13. The number of anilines is 1. The molecule has 1 saturated heterocycles. The topological polar surface area (TPSA) is 109 Å².